The lowest BCUT2D eigenvalue weighted by atomic mass is 9.94. The Morgan fingerprint density at radius 2 is 0.656 bits per heavy atom. The zero-order valence-electron chi connectivity index (χ0n) is 66.0. The summed E-state index contributed by atoms with van der Waals surface area (Å²) in [6, 6.07) is 134. The largest absolute Gasteiger partial charge is 0.456 e. The third-order valence-corrected chi connectivity index (χ3v) is 26.8. The van der Waals surface area contributed by atoms with E-state index in [0.29, 0.717) is 5.92 Å². The highest BCUT2D eigenvalue weighted by molar-refractivity contribution is 6.38. The number of para-hydroxylation sites is 9. The van der Waals surface area contributed by atoms with Crippen molar-refractivity contribution in [2.75, 3.05) is 0 Å². The Hall–Kier alpha value is -16.1. The molecule has 0 saturated heterocycles. The molecule has 1 aliphatic rings. The summed E-state index contributed by atoms with van der Waals surface area (Å²) in [6.07, 6.45) is 5.96. The molecule has 1 aliphatic carbocycles. The summed E-state index contributed by atoms with van der Waals surface area (Å²) in [7, 11) is 0. The minimum absolute atomic E-state index is 0.370. The second-order valence-electron chi connectivity index (χ2n) is 33.3. The molecule has 0 fully saturated rings. The van der Waals surface area contributed by atoms with E-state index in [4.69, 9.17) is 13.3 Å². The minimum atomic E-state index is 0.370. The summed E-state index contributed by atoms with van der Waals surface area (Å²) < 4.78 is 35.9. The van der Waals surface area contributed by atoms with Crippen LogP contribution in [0.15, 0.2) is 377 Å². The fraction of sp³-hybridized carbons (Fsp3) is 0.0265. The summed E-state index contributed by atoms with van der Waals surface area (Å²) in [4.78, 5) is 0. The molecule has 27 aromatic rings. The predicted molar refractivity (Wildman–Crippen MR) is 507 cm³/mol. The number of rotatable bonds is 8. The van der Waals surface area contributed by atoms with Gasteiger partial charge in [0.1, 0.15) is 39.1 Å². The lowest BCUT2D eigenvalue weighted by Gasteiger charge is -2.14. The fourth-order valence-electron chi connectivity index (χ4n) is 21.8. The lowest BCUT2D eigenvalue weighted by Crippen LogP contribution is -2.31. The highest BCUT2D eigenvalue weighted by atomic mass is 16.3. The summed E-state index contributed by atoms with van der Waals surface area (Å²) in [5.74, 6) is 0.370. The predicted octanol–water partition coefficient (Wildman–Crippen LogP) is 28.9. The van der Waals surface area contributed by atoms with Crippen LogP contribution in [0.3, 0.4) is 0 Å². The third-order valence-electron chi connectivity index (χ3n) is 26.8. The second-order valence-corrected chi connectivity index (χ2v) is 33.3. The fourth-order valence-corrected chi connectivity index (χ4v) is 21.8. The van der Waals surface area contributed by atoms with Gasteiger partial charge in [-0.2, -0.15) is 0 Å². The van der Waals surface area contributed by atoms with Crippen LogP contribution in [0.2, 0.25) is 0 Å². The number of furan rings is 3. The van der Waals surface area contributed by atoms with Crippen molar-refractivity contribution in [3.63, 3.8) is 0 Å². The Morgan fingerprint density at radius 1 is 0.238 bits per heavy atom. The van der Waals surface area contributed by atoms with Gasteiger partial charge < -0.3 is 31.5 Å². The molecule has 0 bridgehead atoms. The maximum atomic E-state index is 7.38. The van der Waals surface area contributed by atoms with Crippen LogP contribution in [0, 0.1) is 5.92 Å². The highest BCUT2D eigenvalue weighted by Gasteiger charge is 2.31. The van der Waals surface area contributed by atoms with E-state index in [-0.39, 0.29) is 0 Å². The van der Waals surface area contributed by atoms with E-state index in [1.54, 1.807) is 0 Å². The van der Waals surface area contributed by atoms with Gasteiger partial charge in [0.15, 0.2) is 0 Å². The van der Waals surface area contributed by atoms with Gasteiger partial charge in [0.05, 0.1) is 49.7 Å². The molecular formula is C113H68N6O3. The molecule has 28 rings (SSSR count). The van der Waals surface area contributed by atoms with Crippen molar-refractivity contribution in [1.29, 1.82) is 0 Å². The molecule has 568 valence electrons. The minimum Gasteiger partial charge on any atom is -0.456 e. The summed E-state index contributed by atoms with van der Waals surface area (Å²) in [5, 5.41) is 25.7. The van der Waals surface area contributed by atoms with Gasteiger partial charge in [-0.1, -0.05) is 237 Å². The van der Waals surface area contributed by atoms with E-state index >= 15 is 0 Å². The maximum Gasteiger partial charge on any atom is 0.143 e. The molecule has 0 amide bonds. The van der Waals surface area contributed by atoms with E-state index < -0.39 is 0 Å². The van der Waals surface area contributed by atoms with Crippen LogP contribution < -0.4 is 10.6 Å². The van der Waals surface area contributed by atoms with E-state index in [2.05, 4.69) is 404 Å². The second kappa shape index (κ2) is 24.5. The Kier molecular flexibility index (Phi) is 13.3. The Balaban J connectivity index is 0.637. The lowest BCUT2D eigenvalue weighted by molar-refractivity contribution is 0.668. The summed E-state index contributed by atoms with van der Waals surface area (Å²) in [6.45, 7) is 2.35. The van der Waals surface area contributed by atoms with Crippen molar-refractivity contribution in [2.45, 2.75) is 13.3 Å². The van der Waals surface area contributed by atoms with E-state index in [1.165, 1.54) is 91.8 Å². The number of hydrogen-bond donors (Lipinski definition) is 0. The van der Waals surface area contributed by atoms with Crippen LogP contribution in [-0.4, -0.2) is 27.4 Å². The average molecular weight is 1560 g/mol. The van der Waals surface area contributed by atoms with Crippen molar-refractivity contribution >= 4 is 209 Å². The van der Waals surface area contributed by atoms with Gasteiger partial charge >= 0.3 is 0 Å². The maximum absolute atomic E-state index is 7.38. The molecule has 0 spiro atoms. The molecule has 122 heavy (non-hydrogen) atoms. The Labute approximate surface area is 694 Å². The van der Waals surface area contributed by atoms with Gasteiger partial charge in [0, 0.05) is 142 Å². The van der Waals surface area contributed by atoms with Crippen LogP contribution in [0.5, 0.6) is 0 Å². The molecule has 1 unspecified atom stereocenters. The normalized spacial score (nSPS) is 13.5. The smallest absolute Gasteiger partial charge is 0.143 e. The quantitative estimate of drug-likeness (QED) is 0.152. The molecule has 1 atom stereocenters. The van der Waals surface area contributed by atoms with Crippen molar-refractivity contribution in [2.24, 2.45) is 5.92 Å². The number of aromatic nitrogens is 6. The van der Waals surface area contributed by atoms with Gasteiger partial charge in [-0.05, 0) is 191 Å². The van der Waals surface area contributed by atoms with Gasteiger partial charge in [-0.25, -0.2) is 0 Å². The van der Waals surface area contributed by atoms with Gasteiger partial charge in [0.25, 0.3) is 0 Å². The monoisotopic (exact) mass is 1560 g/mol. The average Bonchev–Trinajstić information content (AvgIpc) is 1.53. The molecule has 0 radical (unpaired) electrons. The van der Waals surface area contributed by atoms with Gasteiger partial charge in [0.2, 0.25) is 0 Å². The van der Waals surface area contributed by atoms with Crippen LogP contribution in [0.1, 0.15) is 13.3 Å². The molecule has 18 aromatic carbocycles. The zero-order chi connectivity index (χ0) is 79.4. The van der Waals surface area contributed by atoms with E-state index in [0.717, 1.165) is 178 Å². The van der Waals surface area contributed by atoms with E-state index in [9.17, 15) is 0 Å². The van der Waals surface area contributed by atoms with Crippen LogP contribution >= 0.6 is 0 Å². The Morgan fingerprint density at radius 3 is 1.30 bits per heavy atom. The number of fused-ring (bicyclic) bond motifs is 34. The Bertz CT molecular complexity index is 9460. The van der Waals surface area contributed by atoms with E-state index in [1.807, 2.05) is 6.07 Å². The first-order valence-electron chi connectivity index (χ1n) is 42.2. The van der Waals surface area contributed by atoms with Crippen molar-refractivity contribution in [3.05, 3.63) is 375 Å². The van der Waals surface area contributed by atoms with Gasteiger partial charge in [-0.3, -0.25) is 9.13 Å². The van der Waals surface area contributed by atoms with Crippen LogP contribution in [0.4, 0.5) is 0 Å². The van der Waals surface area contributed by atoms with Crippen molar-refractivity contribution in [3.8, 4) is 56.4 Å². The third kappa shape index (κ3) is 8.88. The standard InChI is InChI=1S/C113H68N6O3/c1-65-47-55-95-90(59-65)107-108(79-33-12-11-32-76(79)102-82-34-13-18-41-91(82)114(109(102)107)68-25-5-2-6-26-68)116(95)71-50-56-99-87(62-71)75-53-48-67(61-101(75)121-99)66-49-54-78-89(60-66)104-84-36-15-20-43-93(84)117(111(104)110-103(78)83-35-14-19-42-92(83)115(110)69-27-7-3-8-28-69)72-51-58-100-88(63-72)81-40-23-39-80(112(81)122-100)77-38-24-45-96-105(77)106-85-37-16-21-44-94(85)118(70-29-9-4-10-30-70)113(106)119(96)73-52-57-98-86(64-73)74-31-17-22-46-97(74)120-98/h2-46,48-65H,47H2,1H3. The number of benzene rings is 18. The molecule has 0 aliphatic heterocycles. The van der Waals surface area contributed by atoms with Crippen LogP contribution in [0.25, 0.3) is 265 Å². The molecule has 0 saturated carbocycles. The molecule has 9 nitrogen and oxygen atoms in total. The zero-order valence-corrected chi connectivity index (χ0v) is 66.0. The first-order valence-corrected chi connectivity index (χ1v) is 42.2. The van der Waals surface area contributed by atoms with Gasteiger partial charge in [-0.15, -0.1) is 0 Å². The van der Waals surface area contributed by atoms with Crippen molar-refractivity contribution in [1.82, 2.24) is 27.4 Å². The number of hydrogen-bond acceptors (Lipinski definition) is 3. The van der Waals surface area contributed by atoms with Crippen LogP contribution in [-0.2, 0) is 0 Å². The summed E-state index contributed by atoms with van der Waals surface area (Å²) in [5.41, 5.74) is 27.3. The first-order chi connectivity index (χ1) is 60.5. The molecule has 0 N–H and O–H groups in total. The SMILES string of the molecule is CC1C=c2c(n(-c3ccc4oc5cc(-c6ccc7c(c6)c6c8ccccc8n(-c8ccc9oc%10c(-c%11cccc%12c%11c%11c%13ccccc%13n(-c%13ccccc%13)c%11n%12-c%11ccc%12oc%13ccccc%13c%12c%11)cccc%10c9c8)c6c6c7c7ccccc7n6-c6ccccc6)ccc5c4c3)c3c4ccccc4c4c5ccccc5n(-c5ccccc5)c4c23)=CC1. The highest BCUT2D eigenvalue weighted by Crippen LogP contribution is 2.52. The molecule has 9 heteroatoms. The number of nitrogens with zero attached hydrogens (tertiary/aromatic N) is 6. The molecular weight excluding hydrogens is 1490 g/mol. The topological polar surface area (TPSA) is 69.0 Å². The summed E-state index contributed by atoms with van der Waals surface area (Å²) >= 11 is 0. The molecule has 9 heterocycles. The molecule has 9 aromatic heterocycles. The first kappa shape index (κ1) is 66.0. The van der Waals surface area contributed by atoms with Crippen molar-refractivity contribution < 1.29 is 13.3 Å².